The number of likely N-dealkylation sites (N-methyl/N-ethyl adjacent to an activating group) is 1. The predicted octanol–water partition coefficient (Wildman–Crippen LogP) is 3.41. The molecule has 1 fully saturated rings. The molecule has 0 aromatic heterocycles. The van der Waals surface area contributed by atoms with E-state index >= 15 is 0 Å². The first-order valence-electron chi connectivity index (χ1n) is 9.17. The summed E-state index contributed by atoms with van der Waals surface area (Å²) < 4.78 is 0. The third-order valence-electron chi connectivity index (χ3n) is 5.15. The Hall–Kier alpha value is -1.39. The van der Waals surface area contributed by atoms with Gasteiger partial charge in [0.05, 0.1) is 6.04 Å². The van der Waals surface area contributed by atoms with E-state index in [1.54, 1.807) is 0 Å². The number of nitrogens with zero attached hydrogens (tertiary/aromatic N) is 2. The van der Waals surface area contributed by atoms with Gasteiger partial charge in [-0.3, -0.25) is 9.69 Å². The molecule has 1 aliphatic rings. The van der Waals surface area contributed by atoms with Crippen molar-refractivity contribution in [2.24, 2.45) is 5.92 Å². The molecule has 1 heterocycles. The molecule has 1 N–H and O–H groups in total. The molecule has 1 saturated heterocycles. The van der Waals surface area contributed by atoms with Crippen LogP contribution in [0.15, 0.2) is 24.3 Å². The van der Waals surface area contributed by atoms with Gasteiger partial charge < -0.3 is 10.2 Å². The number of nitrogens with one attached hydrogen (secondary N) is 1. The summed E-state index contributed by atoms with van der Waals surface area (Å²) in [4.78, 5) is 17.3. The second-order valence-electron chi connectivity index (χ2n) is 7.62. The predicted molar refractivity (Wildman–Crippen MR) is 101 cm³/mol. The number of carbonyl (C=O) groups excluding carboxylic acids is 1. The number of rotatable bonds is 6. The average molecular weight is 332 g/mol. The minimum atomic E-state index is -0.127. The minimum Gasteiger partial charge on any atom is -0.324 e. The zero-order chi connectivity index (χ0) is 17.7. The average Bonchev–Trinajstić information content (AvgIpc) is 2.54. The number of carbonyl (C=O) groups is 1. The van der Waals surface area contributed by atoms with E-state index in [1.165, 1.54) is 24.9 Å². The number of benzene rings is 1. The highest BCUT2D eigenvalue weighted by molar-refractivity contribution is 5.95. The van der Waals surface area contributed by atoms with Crippen LogP contribution in [0.2, 0.25) is 0 Å². The van der Waals surface area contributed by atoms with Crippen LogP contribution in [-0.4, -0.2) is 55.5 Å². The summed E-state index contributed by atoms with van der Waals surface area (Å²) >= 11 is 0. The lowest BCUT2D eigenvalue weighted by Gasteiger charge is -2.34. The number of piperidine rings is 1. The first kappa shape index (κ1) is 18.9. The van der Waals surface area contributed by atoms with Crippen molar-refractivity contribution in [2.75, 3.05) is 39.0 Å². The van der Waals surface area contributed by atoms with Crippen LogP contribution in [-0.2, 0) is 4.79 Å². The molecule has 2 atom stereocenters. The highest BCUT2D eigenvalue weighted by atomic mass is 16.2. The van der Waals surface area contributed by atoms with E-state index < -0.39 is 0 Å². The Morgan fingerprint density at radius 1 is 1.33 bits per heavy atom. The van der Waals surface area contributed by atoms with Crippen molar-refractivity contribution in [3.63, 3.8) is 0 Å². The second-order valence-corrected chi connectivity index (χ2v) is 7.62. The number of hydrogen-bond donors (Lipinski definition) is 1. The van der Waals surface area contributed by atoms with Gasteiger partial charge in [-0.1, -0.05) is 32.0 Å². The van der Waals surface area contributed by atoms with Gasteiger partial charge >= 0.3 is 0 Å². The van der Waals surface area contributed by atoms with Crippen LogP contribution in [0, 0.1) is 5.92 Å². The van der Waals surface area contributed by atoms with Crippen LogP contribution < -0.4 is 5.32 Å². The summed E-state index contributed by atoms with van der Waals surface area (Å²) in [5, 5.41) is 3.13. The molecule has 24 heavy (non-hydrogen) atoms. The molecule has 0 aliphatic carbocycles. The normalized spacial score (nSPS) is 20.4. The first-order valence-corrected chi connectivity index (χ1v) is 9.17. The Morgan fingerprint density at radius 3 is 2.71 bits per heavy atom. The summed E-state index contributed by atoms with van der Waals surface area (Å²) in [5.41, 5.74) is 2.13. The van der Waals surface area contributed by atoms with E-state index in [0.717, 1.165) is 18.8 Å². The molecule has 1 aliphatic heterocycles. The molecule has 2 unspecified atom stereocenters. The van der Waals surface area contributed by atoms with Crippen LogP contribution in [0.25, 0.3) is 0 Å². The van der Waals surface area contributed by atoms with Crippen LogP contribution in [0.1, 0.15) is 45.1 Å². The Labute approximate surface area is 147 Å². The van der Waals surface area contributed by atoms with Gasteiger partial charge in [-0.15, -0.1) is 0 Å². The maximum atomic E-state index is 12.7. The Bertz CT molecular complexity index is 543. The summed E-state index contributed by atoms with van der Waals surface area (Å²) in [6.07, 6.45) is 2.52. The molecule has 1 amide bonds. The van der Waals surface area contributed by atoms with Crippen molar-refractivity contribution in [2.45, 2.75) is 45.6 Å². The van der Waals surface area contributed by atoms with Crippen molar-refractivity contribution in [1.29, 1.82) is 0 Å². The highest BCUT2D eigenvalue weighted by Gasteiger charge is 2.24. The molecule has 134 valence electrons. The standard InChI is InChI=1S/C20H33N3O/c1-15(2)18-10-6-7-11-19(18)21-20(24)16(3)23(5)14-17-9-8-12-22(4)13-17/h6-7,10-11,15-17H,8-9,12-14H2,1-5H3,(H,21,24). The number of likely N-dealkylation sites (tertiary alicyclic amines) is 1. The molecular weight excluding hydrogens is 298 g/mol. The Kier molecular flexibility index (Phi) is 6.81. The Balaban J connectivity index is 1.94. The highest BCUT2D eigenvalue weighted by Crippen LogP contribution is 2.24. The maximum absolute atomic E-state index is 12.7. The molecule has 1 aromatic carbocycles. The fourth-order valence-electron chi connectivity index (χ4n) is 3.54. The van der Waals surface area contributed by atoms with Gasteiger partial charge in [0.25, 0.3) is 0 Å². The van der Waals surface area contributed by atoms with Crippen molar-refractivity contribution < 1.29 is 4.79 Å². The summed E-state index contributed by atoms with van der Waals surface area (Å²) in [7, 11) is 4.25. The van der Waals surface area contributed by atoms with Crippen molar-refractivity contribution in [3.8, 4) is 0 Å². The van der Waals surface area contributed by atoms with Crippen LogP contribution >= 0.6 is 0 Å². The molecule has 0 spiro atoms. The smallest absolute Gasteiger partial charge is 0.241 e. The number of para-hydroxylation sites is 1. The van der Waals surface area contributed by atoms with Crippen LogP contribution in [0.4, 0.5) is 5.69 Å². The fraction of sp³-hybridized carbons (Fsp3) is 0.650. The fourth-order valence-corrected chi connectivity index (χ4v) is 3.54. The van der Waals surface area contributed by atoms with Crippen molar-refractivity contribution >= 4 is 11.6 Å². The van der Waals surface area contributed by atoms with Crippen LogP contribution in [0.3, 0.4) is 0 Å². The van der Waals surface area contributed by atoms with E-state index in [-0.39, 0.29) is 11.9 Å². The van der Waals surface area contributed by atoms with Crippen molar-refractivity contribution in [3.05, 3.63) is 29.8 Å². The largest absolute Gasteiger partial charge is 0.324 e. The molecule has 0 bridgehead atoms. The van der Waals surface area contributed by atoms with Gasteiger partial charge in [0.15, 0.2) is 0 Å². The van der Waals surface area contributed by atoms with Gasteiger partial charge in [0.2, 0.25) is 5.91 Å². The quantitative estimate of drug-likeness (QED) is 0.868. The van der Waals surface area contributed by atoms with E-state index in [0.29, 0.717) is 11.8 Å². The zero-order valence-electron chi connectivity index (χ0n) is 15.9. The first-order chi connectivity index (χ1) is 11.4. The topological polar surface area (TPSA) is 35.6 Å². The van der Waals surface area contributed by atoms with E-state index in [9.17, 15) is 4.79 Å². The lowest BCUT2D eigenvalue weighted by molar-refractivity contribution is -0.120. The molecule has 4 nitrogen and oxygen atoms in total. The van der Waals surface area contributed by atoms with Crippen molar-refractivity contribution in [1.82, 2.24) is 9.80 Å². The SMILES string of the molecule is CC(C)c1ccccc1NC(=O)C(C)N(C)CC1CCCN(C)C1. The molecule has 0 radical (unpaired) electrons. The maximum Gasteiger partial charge on any atom is 0.241 e. The van der Waals surface area contributed by atoms with Crippen LogP contribution in [0.5, 0.6) is 0 Å². The number of hydrogen-bond acceptors (Lipinski definition) is 3. The van der Waals surface area contributed by atoms with Gasteiger partial charge in [0.1, 0.15) is 0 Å². The number of amides is 1. The van der Waals surface area contributed by atoms with Gasteiger partial charge in [0, 0.05) is 18.8 Å². The molecule has 2 rings (SSSR count). The lowest BCUT2D eigenvalue weighted by atomic mass is 9.97. The Morgan fingerprint density at radius 2 is 2.04 bits per heavy atom. The van der Waals surface area contributed by atoms with E-state index in [4.69, 9.17) is 0 Å². The monoisotopic (exact) mass is 331 g/mol. The van der Waals surface area contributed by atoms with Gasteiger partial charge in [-0.05, 0) is 63.9 Å². The molecule has 4 heteroatoms. The third-order valence-corrected chi connectivity index (χ3v) is 5.15. The molecule has 0 saturated carbocycles. The van der Waals surface area contributed by atoms with Gasteiger partial charge in [-0.25, -0.2) is 0 Å². The second kappa shape index (κ2) is 8.63. The number of anilines is 1. The minimum absolute atomic E-state index is 0.0785. The molecular formula is C20H33N3O. The summed E-state index contributed by atoms with van der Waals surface area (Å²) in [6, 6.07) is 7.97. The zero-order valence-corrected chi connectivity index (χ0v) is 15.9. The van der Waals surface area contributed by atoms with Gasteiger partial charge in [-0.2, -0.15) is 0 Å². The lowest BCUT2D eigenvalue weighted by Crippen LogP contribution is -2.45. The summed E-state index contributed by atoms with van der Waals surface area (Å²) in [6.45, 7) is 9.61. The third kappa shape index (κ3) is 5.05. The van der Waals surface area contributed by atoms with E-state index in [2.05, 4.69) is 49.1 Å². The van der Waals surface area contributed by atoms with E-state index in [1.807, 2.05) is 25.1 Å². The molecule has 1 aromatic rings. The summed E-state index contributed by atoms with van der Waals surface area (Å²) in [5.74, 6) is 1.13.